The number of hydrogen-bond acceptors (Lipinski definition) is 1. The third-order valence-electron chi connectivity index (χ3n) is 4.16. The molecule has 0 aromatic carbocycles. The molecule has 0 aliphatic rings. The number of carboxylic acids is 1. The summed E-state index contributed by atoms with van der Waals surface area (Å²) >= 11 is 105. The molecule has 0 aromatic rings. The molecule has 0 heterocycles. The maximum Gasteiger partial charge on any atom is 0.330 e. The van der Waals surface area contributed by atoms with Crippen molar-refractivity contribution in [3.8, 4) is 0 Å². The summed E-state index contributed by atoms with van der Waals surface area (Å²) in [6, 6.07) is 0. The van der Waals surface area contributed by atoms with Gasteiger partial charge in [0, 0.05) is 11.5 Å². The first-order chi connectivity index (χ1) is 14.0. The van der Waals surface area contributed by atoms with Gasteiger partial charge in [0.15, 0.2) is 26.0 Å². The largest absolute Gasteiger partial charge is 0.478 e. The summed E-state index contributed by atoms with van der Waals surface area (Å²) in [5.41, 5.74) is -0.184. The number of aliphatic carboxylic acids is 1. The van der Waals surface area contributed by atoms with Crippen molar-refractivity contribution in [3.63, 3.8) is 0 Å². The summed E-state index contributed by atoms with van der Waals surface area (Å²) in [7, 11) is 0. The summed E-state index contributed by atoms with van der Waals surface area (Å²) < 4.78 is -22.8. The first-order valence-electron chi connectivity index (χ1n) is 7.63. The maximum atomic E-state index is 11.1. The zero-order valence-electron chi connectivity index (χ0n) is 15.4. The van der Waals surface area contributed by atoms with Crippen LogP contribution in [-0.2, 0) is 4.79 Å². The van der Waals surface area contributed by atoms with Gasteiger partial charge in [-0.1, -0.05) is 210 Å². The van der Waals surface area contributed by atoms with Crippen molar-refractivity contribution in [1.82, 2.24) is 0 Å². The minimum absolute atomic E-state index is 0.184. The summed E-state index contributed by atoms with van der Waals surface area (Å²) in [6.45, 7) is 2.57. The van der Waals surface area contributed by atoms with E-state index in [9.17, 15) is 4.79 Å². The quantitative estimate of drug-likeness (QED) is 0.186. The predicted octanol–water partition coefficient (Wildman–Crippen LogP) is 11.2. The third-order valence-corrected chi connectivity index (χ3v) is 16.0. The number of rotatable bonds is 9. The van der Waals surface area contributed by atoms with E-state index in [2.05, 4.69) is 0 Å². The molecule has 1 atom stereocenters. The standard InChI is InChI=1S/C14H9Cl17O2/c1-4(6(32)33)3-5(2)7(15,16)8(17,18)9(19,20)10(21,22)11(23,24)12(25,26)13(27,28)14(29,30)31/h3,5H,1-2H3,(H,32,33). The van der Waals surface area contributed by atoms with Gasteiger partial charge in [0.05, 0.1) is 0 Å². The summed E-state index contributed by atoms with van der Waals surface area (Å²) in [4.78, 5) is 11.1. The van der Waals surface area contributed by atoms with Crippen molar-refractivity contribution in [3.05, 3.63) is 11.6 Å². The van der Waals surface area contributed by atoms with E-state index < -0.39 is 46.0 Å². The molecule has 0 aromatic heterocycles. The van der Waals surface area contributed by atoms with Crippen molar-refractivity contribution < 1.29 is 9.90 Å². The molecule has 0 saturated heterocycles. The normalized spacial score (nSPS) is 17.2. The number of halogens is 17. The smallest absolute Gasteiger partial charge is 0.330 e. The van der Waals surface area contributed by atoms with Gasteiger partial charge in [0.2, 0.25) is 8.13 Å². The molecule has 0 aliphatic carbocycles. The van der Waals surface area contributed by atoms with E-state index in [1.807, 2.05) is 0 Å². The van der Waals surface area contributed by atoms with Crippen LogP contribution in [0.2, 0.25) is 0 Å². The van der Waals surface area contributed by atoms with Crippen LogP contribution in [0.15, 0.2) is 11.6 Å². The Morgan fingerprint density at radius 3 is 1.15 bits per heavy atom. The second kappa shape index (κ2) is 11.6. The fraction of sp³-hybridized carbons (Fsp3) is 0.786. The van der Waals surface area contributed by atoms with Crippen LogP contribution in [0.1, 0.15) is 13.8 Å². The van der Waals surface area contributed by atoms with Gasteiger partial charge >= 0.3 is 5.97 Å². The lowest BCUT2D eigenvalue weighted by atomic mass is 9.95. The van der Waals surface area contributed by atoms with E-state index in [1.54, 1.807) is 0 Å². The van der Waals surface area contributed by atoms with E-state index in [0.29, 0.717) is 0 Å². The molecule has 0 fully saturated rings. The molecule has 33 heavy (non-hydrogen) atoms. The summed E-state index contributed by atoms with van der Waals surface area (Å²) in [6.07, 6.45) is 1.10. The SMILES string of the molecule is CC(=CC(C)C(Cl)(Cl)C(Cl)(Cl)C(Cl)(Cl)C(Cl)(Cl)C(Cl)(Cl)C(Cl)(Cl)C(Cl)(Cl)C(Cl)(Cl)Cl)C(=O)O. The van der Waals surface area contributed by atoms with Crippen LogP contribution in [0.4, 0.5) is 0 Å². The minimum Gasteiger partial charge on any atom is -0.478 e. The van der Waals surface area contributed by atoms with Crippen LogP contribution in [-0.4, -0.2) is 45.2 Å². The average Bonchev–Trinajstić information content (AvgIpc) is 2.59. The topological polar surface area (TPSA) is 37.3 Å². The molecule has 1 N–H and O–H groups in total. The second-order valence-electron chi connectivity index (χ2n) is 6.51. The maximum absolute atomic E-state index is 11.1. The Bertz CT molecular complexity index is 777. The monoisotopic (exact) mass is 804 g/mol. The lowest BCUT2D eigenvalue weighted by Crippen LogP contribution is -2.70. The fourth-order valence-electron chi connectivity index (χ4n) is 2.01. The minimum atomic E-state index is -3.07. The number of carboxylic acid groups (broad SMARTS) is 1. The van der Waals surface area contributed by atoms with Gasteiger partial charge in [-0.15, -0.1) is 0 Å². The second-order valence-corrected chi connectivity index (χ2v) is 18.1. The zero-order valence-corrected chi connectivity index (χ0v) is 28.3. The van der Waals surface area contributed by atoms with E-state index >= 15 is 0 Å². The first kappa shape index (κ1) is 37.1. The zero-order chi connectivity index (χ0) is 27.4. The Morgan fingerprint density at radius 2 is 0.879 bits per heavy atom. The van der Waals surface area contributed by atoms with Crippen molar-refractivity contribution in [2.75, 3.05) is 0 Å². The first-order valence-corrected chi connectivity index (χ1v) is 14.1. The molecule has 196 valence electrons. The van der Waals surface area contributed by atoms with E-state index in [-0.39, 0.29) is 5.57 Å². The molecule has 2 nitrogen and oxygen atoms in total. The Kier molecular flexibility index (Phi) is 13.0. The highest BCUT2D eigenvalue weighted by Gasteiger charge is 2.81. The number of allylic oxidation sites excluding steroid dienone is 1. The van der Waals surface area contributed by atoms with Gasteiger partial charge in [-0.2, -0.15) is 0 Å². The lowest BCUT2D eigenvalue weighted by Gasteiger charge is -2.54. The fourth-order valence-corrected chi connectivity index (χ4v) is 7.30. The molecule has 0 amide bonds. The molecule has 0 saturated carbocycles. The van der Waals surface area contributed by atoms with Crippen LogP contribution in [0.25, 0.3) is 0 Å². The Labute approximate surface area is 275 Å². The van der Waals surface area contributed by atoms with Crippen molar-refractivity contribution in [1.29, 1.82) is 0 Å². The Hall–Kier alpha value is 4.14. The van der Waals surface area contributed by atoms with Crippen LogP contribution in [0, 0.1) is 5.92 Å². The lowest BCUT2D eigenvalue weighted by molar-refractivity contribution is -0.132. The summed E-state index contributed by atoms with van der Waals surface area (Å²) in [5, 5.41) is 9.09. The van der Waals surface area contributed by atoms with E-state index in [1.165, 1.54) is 13.8 Å². The van der Waals surface area contributed by atoms with Crippen LogP contribution >= 0.6 is 197 Å². The highest BCUT2D eigenvalue weighted by Crippen LogP contribution is 2.72. The molecule has 1 unspecified atom stereocenters. The highest BCUT2D eigenvalue weighted by molar-refractivity contribution is 6.83. The molecule has 0 rings (SSSR count). The number of carbonyl (C=O) groups is 1. The molecule has 19 heteroatoms. The number of alkyl halides is 17. The van der Waals surface area contributed by atoms with Crippen molar-refractivity contribution >= 4 is 203 Å². The molecule has 0 aliphatic heterocycles. The Morgan fingerprint density at radius 1 is 0.606 bits per heavy atom. The molecule has 0 bridgehead atoms. The highest BCUT2D eigenvalue weighted by atomic mass is 35.6. The van der Waals surface area contributed by atoms with Gasteiger partial charge < -0.3 is 5.11 Å². The van der Waals surface area contributed by atoms with Gasteiger partial charge in [-0.25, -0.2) is 4.79 Å². The Balaban J connectivity index is 6.82. The molecule has 0 spiro atoms. The third kappa shape index (κ3) is 6.40. The molecular formula is C14H9Cl17O2. The van der Waals surface area contributed by atoms with E-state index in [4.69, 9.17) is 202 Å². The predicted molar refractivity (Wildman–Crippen MR) is 152 cm³/mol. The van der Waals surface area contributed by atoms with Crippen molar-refractivity contribution in [2.45, 2.75) is 48.0 Å². The average molecular weight is 812 g/mol. The molecule has 0 radical (unpaired) electrons. The van der Waals surface area contributed by atoms with Crippen LogP contribution in [0.3, 0.4) is 0 Å². The van der Waals surface area contributed by atoms with Gasteiger partial charge in [0.1, 0.15) is 0 Å². The van der Waals surface area contributed by atoms with Crippen molar-refractivity contribution in [2.24, 2.45) is 5.92 Å². The van der Waals surface area contributed by atoms with Crippen LogP contribution < -0.4 is 0 Å². The summed E-state index contributed by atoms with van der Waals surface area (Å²) in [5.74, 6) is -2.46. The molecular weight excluding hydrogens is 803 g/mol. The van der Waals surface area contributed by atoms with E-state index in [0.717, 1.165) is 6.08 Å². The van der Waals surface area contributed by atoms with Gasteiger partial charge in [-0.05, 0) is 6.92 Å². The van der Waals surface area contributed by atoms with Crippen LogP contribution in [0.5, 0.6) is 0 Å². The van der Waals surface area contributed by atoms with Gasteiger partial charge in [-0.3, -0.25) is 0 Å². The van der Waals surface area contributed by atoms with Gasteiger partial charge in [0.25, 0.3) is 0 Å². The number of hydrogen-bond donors (Lipinski definition) is 1.